The van der Waals surface area contributed by atoms with Crippen LogP contribution in [-0.4, -0.2) is 33.9 Å². The molecule has 1 amide bonds. The van der Waals surface area contributed by atoms with Gasteiger partial charge in [0.25, 0.3) is 5.22 Å². The lowest BCUT2D eigenvalue weighted by Gasteiger charge is -2.13. The zero-order valence-electron chi connectivity index (χ0n) is 17.6. The van der Waals surface area contributed by atoms with Gasteiger partial charge < -0.3 is 14.5 Å². The minimum absolute atomic E-state index is 0.225. The Kier molecular flexibility index (Phi) is 6.90. The van der Waals surface area contributed by atoms with Crippen molar-refractivity contribution in [1.82, 2.24) is 10.2 Å². The molecule has 0 bridgehead atoms. The third-order valence-corrected chi connectivity index (χ3v) is 7.17. The average molecular weight is 476 g/mol. The summed E-state index contributed by atoms with van der Waals surface area (Å²) in [4.78, 5) is 26.6. The van der Waals surface area contributed by atoms with Gasteiger partial charge in [-0.15, -0.1) is 21.5 Å². The second-order valence-electron chi connectivity index (χ2n) is 7.26. The lowest BCUT2D eigenvalue weighted by atomic mass is 9.95. The van der Waals surface area contributed by atoms with Crippen LogP contribution in [0.1, 0.15) is 47.5 Å². The first-order valence-electron chi connectivity index (χ1n) is 10.3. The fraction of sp³-hybridized carbons (Fsp3) is 0.364. The van der Waals surface area contributed by atoms with Gasteiger partial charge in [-0.1, -0.05) is 11.8 Å². The number of nitrogens with zero attached hydrogens (tertiary/aromatic N) is 2. The number of ether oxygens (including phenoxy) is 1. The molecular formula is C22H22FN3O4S2. The van der Waals surface area contributed by atoms with Gasteiger partial charge in [-0.2, -0.15) is 0 Å². The van der Waals surface area contributed by atoms with Gasteiger partial charge in [-0.25, -0.2) is 9.18 Å². The summed E-state index contributed by atoms with van der Waals surface area (Å²) >= 11 is 2.56. The number of anilines is 1. The number of esters is 1. The molecule has 0 saturated carbocycles. The van der Waals surface area contributed by atoms with Crippen LogP contribution in [0, 0.1) is 5.82 Å². The number of benzene rings is 1. The van der Waals surface area contributed by atoms with Crippen LogP contribution in [0.15, 0.2) is 33.9 Å². The second kappa shape index (κ2) is 9.83. The average Bonchev–Trinajstić information content (AvgIpc) is 3.38. The highest BCUT2D eigenvalue weighted by molar-refractivity contribution is 8.00. The van der Waals surface area contributed by atoms with Crippen molar-refractivity contribution in [2.75, 3.05) is 11.9 Å². The maximum absolute atomic E-state index is 13.1. The third-order valence-electron chi connectivity index (χ3n) is 5.03. The summed E-state index contributed by atoms with van der Waals surface area (Å²) < 4.78 is 23.9. The predicted molar refractivity (Wildman–Crippen MR) is 121 cm³/mol. The fourth-order valence-electron chi connectivity index (χ4n) is 3.46. The molecule has 0 fully saturated rings. The number of rotatable bonds is 7. The molecule has 3 aromatic rings. The normalized spacial score (nSPS) is 14.0. The van der Waals surface area contributed by atoms with Crippen LogP contribution in [-0.2, 0) is 22.4 Å². The number of fused-ring (bicyclic) bond motifs is 1. The standard InChI is InChI=1S/C22H22FN3O4S2/c1-3-29-21(28)17-15-6-4-5-7-16(15)32-20(17)24-18(27)12(2)31-22-26-25-19(30-22)13-8-10-14(23)11-9-13/h8-12H,3-7H2,1-2H3,(H,24,27). The van der Waals surface area contributed by atoms with E-state index in [-0.39, 0.29) is 29.4 Å². The molecule has 10 heteroatoms. The number of thiophene rings is 1. The van der Waals surface area contributed by atoms with Crippen molar-refractivity contribution in [3.8, 4) is 11.5 Å². The SMILES string of the molecule is CCOC(=O)c1c(NC(=O)C(C)Sc2nnc(-c3ccc(F)cc3)o2)sc2c1CCCC2. The molecule has 1 aliphatic rings. The highest BCUT2D eigenvalue weighted by atomic mass is 32.2. The molecule has 0 radical (unpaired) electrons. The summed E-state index contributed by atoms with van der Waals surface area (Å²) in [6.45, 7) is 3.76. The maximum atomic E-state index is 13.1. The number of aromatic nitrogens is 2. The lowest BCUT2D eigenvalue weighted by Crippen LogP contribution is -2.23. The Hall–Kier alpha value is -2.72. The second-order valence-corrected chi connectivity index (χ2v) is 9.66. The fourth-order valence-corrected chi connectivity index (χ4v) is 5.42. The number of aryl methyl sites for hydroxylation is 1. The monoisotopic (exact) mass is 475 g/mol. The first-order valence-corrected chi connectivity index (χ1v) is 12.0. The summed E-state index contributed by atoms with van der Waals surface area (Å²) in [5.41, 5.74) is 2.07. The zero-order chi connectivity index (χ0) is 22.7. The Morgan fingerprint density at radius 3 is 2.75 bits per heavy atom. The summed E-state index contributed by atoms with van der Waals surface area (Å²) in [7, 11) is 0. The van der Waals surface area contributed by atoms with Gasteiger partial charge in [-0.3, -0.25) is 4.79 Å². The molecule has 0 spiro atoms. The van der Waals surface area contributed by atoms with Gasteiger partial charge >= 0.3 is 5.97 Å². The number of hydrogen-bond donors (Lipinski definition) is 1. The molecular weight excluding hydrogens is 453 g/mol. The van der Waals surface area contributed by atoms with Gasteiger partial charge in [0.15, 0.2) is 0 Å². The molecule has 4 rings (SSSR count). The first-order chi connectivity index (χ1) is 15.5. The van der Waals surface area contributed by atoms with Gasteiger partial charge in [0, 0.05) is 10.4 Å². The number of hydrogen-bond acceptors (Lipinski definition) is 8. The molecule has 0 saturated heterocycles. The smallest absolute Gasteiger partial charge is 0.341 e. The largest absolute Gasteiger partial charge is 0.462 e. The van der Waals surface area contributed by atoms with Crippen molar-refractivity contribution in [2.45, 2.75) is 50.0 Å². The first kappa shape index (κ1) is 22.5. The minimum atomic E-state index is -0.550. The van der Waals surface area contributed by atoms with Crippen molar-refractivity contribution < 1.29 is 23.1 Å². The molecule has 1 aromatic carbocycles. The van der Waals surface area contributed by atoms with E-state index in [1.807, 2.05) is 0 Å². The van der Waals surface area contributed by atoms with E-state index in [1.165, 1.54) is 23.5 Å². The number of carbonyl (C=O) groups is 2. The molecule has 2 aromatic heterocycles. The number of amides is 1. The Labute approximate surface area is 192 Å². The molecule has 1 atom stereocenters. The highest BCUT2D eigenvalue weighted by Gasteiger charge is 2.28. The van der Waals surface area contributed by atoms with Crippen LogP contribution in [0.4, 0.5) is 9.39 Å². The van der Waals surface area contributed by atoms with E-state index in [0.29, 0.717) is 16.1 Å². The molecule has 1 N–H and O–H groups in total. The van der Waals surface area contributed by atoms with Crippen molar-refractivity contribution in [3.63, 3.8) is 0 Å². The molecule has 1 unspecified atom stereocenters. The van der Waals surface area contributed by atoms with Crippen molar-refractivity contribution in [2.24, 2.45) is 0 Å². The maximum Gasteiger partial charge on any atom is 0.341 e. The summed E-state index contributed by atoms with van der Waals surface area (Å²) in [6, 6.07) is 5.71. The van der Waals surface area contributed by atoms with E-state index >= 15 is 0 Å². The molecule has 0 aliphatic heterocycles. The summed E-state index contributed by atoms with van der Waals surface area (Å²) in [5.74, 6) is -0.787. The van der Waals surface area contributed by atoms with E-state index in [1.54, 1.807) is 26.0 Å². The molecule has 7 nitrogen and oxygen atoms in total. The molecule has 168 valence electrons. The Balaban J connectivity index is 1.47. The van der Waals surface area contributed by atoms with E-state index in [4.69, 9.17) is 9.15 Å². The lowest BCUT2D eigenvalue weighted by molar-refractivity contribution is -0.115. The van der Waals surface area contributed by atoms with Gasteiger partial charge in [0.1, 0.15) is 10.8 Å². The zero-order valence-corrected chi connectivity index (χ0v) is 19.3. The van der Waals surface area contributed by atoms with Crippen molar-refractivity contribution in [3.05, 3.63) is 46.1 Å². The molecule has 1 aliphatic carbocycles. The Morgan fingerprint density at radius 2 is 2.00 bits per heavy atom. The Bertz CT molecular complexity index is 1130. The number of nitrogens with one attached hydrogen (secondary N) is 1. The molecule has 32 heavy (non-hydrogen) atoms. The van der Waals surface area contributed by atoms with Gasteiger partial charge in [-0.05, 0) is 69.4 Å². The van der Waals surface area contributed by atoms with Gasteiger partial charge in [0.05, 0.1) is 17.4 Å². The minimum Gasteiger partial charge on any atom is -0.462 e. The van der Waals surface area contributed by atoms with Crippen LogP contribution in [0.2, 0.25) is 0 Å². The van der Waals surface area contributed by atoms with E-state index in [0.717, 1.165) is 47.9 Å². The van der Waals surface area contributed by atoms with Crippen LogP contribution < -0.4 is 5.32 Å². The predicted octanol–water partition coefficient (Wildman–Crippen LogP) is 5.11. The molecule has 2 heterocycles. The summed E-state index contributed by atoms with van der Waals surface area (Å²) in [5, 5.41) is 11.0. The number of carbonyl (C=O) groups excluding carboxylic acids is 2. The third kappa shape index (κ3) is 4.86. The van der Waals surface area contributed by atoms with E-state index in [2.05, 4.69) is 15.5 Å². The topological polar surface area (TPSA) is 94.3 Å². The quantitative estimate of drug-likeness (QED) is 0.375. The van der Waals surface area contributed by atoms with E-state index < -0.39 is 11.2 Å². The van der Waals surface area contributed by atoms with Crippen LogP contribution in [0.3, 0.4) is 0 Å². The Morgan fingerprint density at radius 1 is 1.25 bits per heavy atom. The van der Waals surface area contributed by atoms with Gasteiger partial charge in [0.2, 0.25) is 11.8 Å². The highest BCUT2D eigenvalue weighted by Crippen LogP contribution is 2.39. The van der Waals surface area contributed by atoms with Crippen LogP contribution in [0.5, 0.6) is 0 Å². The van der Waals surface area contributed by atoms with Crippen LogP contribution in [0.25, 0.3) is 11.5 Å². The van der Waals surface area contributed by atoms with Crippen molar-refractivity contribution in [1.29, 1.82) is 0 Å². The van der Waals surface area contributed by atoms with Crippen LogP contribution >= 0.6 is 23.1 Å². The number of halogens is 1. The van der Waals surface area contributed by atoms with E-state index in [9.17, 15) is 14.0 Å². The summed E-state index contributed by atoms with van der Waals surface area (Å²) in [6.07, 6.45) is 3.81. The van der Waals surface area contributed by atoms with Crippen molar-refractivity contribution >= 4 is 40.0 Å². The number of thioether (sulfide) groups is 1.